The number of benzene rings is 1. The van der Waals surface area contributed by atoms with Crippen molar-refractivity contribution in [2.24, 2.45) is 0 Å². The van der Waals surface area contributed by atoms with Crippen molar-refractivity contribution in [3.63, 3.8) is 0 Å². The van der Waals surface area contributed by atoms with Gasteiger partial charge >= 0.3 is 0 Å². The van der Waals surface area contributed by atoms with Crippen LogP contribution in [-0.2, 0) is 0 Å². The standard InChI is InChI=1S/C23H24N6OS/c1-15-4-6-17(7-5-15)18-8-9-20-22(25-26-29(20)12-18)21-13-28(11-10-27(21)3)23(30)19-14-31-16(2)24-19/h4-9,12,14,21H,10-11,13H2,1-3H3/t21-/m0/s1. The summed E-state index contributed by atoms with van der Waals surface area (Å²) in [5.41, 5.74) is 5.87. The first-order valence-electron chi connectivity index (χ1n) is 10.3. The van der Waals surface area contributed by atoms with E-state index in [9.17, 15) is 4.79 Å². The third-order valence-corrected chi connectivity index (χ3v) is 6.69. The summed E-state index contributed by atoms with van der Waals surface area (Å²) in [6, 6.07) is 12.6. The van der Waals surface area contributed by atoms with Crippen LogP contribution in [0.3, 0.4) is 0 Å². The number of carbonyl (C=O) groups is 1. The van der Waals surface area contributed by atoms with Gasteiger partial charge in [-0.05, 0) is 32.5 Å². The summed E-state index contributed by atoms with van der Waals surface area (Å²) < 4.78 is 1.84. The van der Waals surface area contributed by atoms with Crippen molar-refractivity contribution >= 4 is 22.8 Å². The fraction of sp³-hybridized carbons (Fsp3) is 0.304. The number of thiazole rings is 1. The van der Waals surface area contributed by atoms with Crippen LogP contribution in [0.4, 0.5) is 0 Å². The van der Waals surface area contributed by atoms with E-state index >= 15 is 0 Å². The lowest BCUT2D eigenvalue weighted by atomic mass is 10.0. The highest BCUT2D eigenvalue weighted by molar-refractivity contribution is 7.09. The van der Waals surface area contributed by atoms with E-state index < -0.39 is 0 Å². The van der Waals surface area contributed by atoms with Crippen LogP contribution >= 0.6 is 11.3 Å². The fourth-order valence-corrected chi connectivity index (χ4v) is 4.63. The molecule has 1 aromatic carbocycles. The molecule has 0 radical (unpaired) electrons. The highest BCUT2D eigenvalue weighted by Gasteiger charge is 2.32. The number of hydrogen-bond acceptors (Lipinski definition) is 6. The quantitative estimate of drug-likeness (QED) is 0.495. The molecule has 31 heavy (non-hydrogen) atoms. The maximum Gasteiger partial charge on any atom is 0.273 e. The molecule has 4 aromatic rings. The lowest BCUT2D eigenvalue weighted by Crippen LogP contribution is -2.49. The largest absolute Gasteiger partial charge is 0.334 e. The molecule has 0 spiro atoms. The van der Waals surface area contributed by atoms with Crippen LogP contribution in [0.25, 0.3) is 16.6 Å². The molecule has 0 N–H and O–H groups in total. The molecule has 7 nitrogen and oxygen atoms in total. The van der Waals surface area contributed by atoms with Crippen molar-refractivity contribution in [2.45, 2.75) is 19.9 Å². The van der Waals surface area contributed by atoms with E-state index in [2.05, 4.69) is 70.6 Å². The Balaban J connectivity index is 1.43. The van der Waals surface area contributed by atoms with E-state index in [0.29, 0.717) is 18.8 Å². The second kappa shape index (κ2) is 7.86. The molecule has 8 heteroatoms. The second-order valence-electron chi connectivity index (χ2n) is 8.09. The van der Waals surface area contributed by atoms with Crippen LogP contribution in [0.15, 0.2) is 48.0 Å². The topological polar surface area (TPSA) is 66.6 Å². The molecule has 1 saturated heterocycles. The van der Waals surface area contributed by atoms with Crippen LogP contribution < -0.4 is 0 Å². The van der Waals surface area contributed by atoms with E-state index in [-0.39, 0.29) is 11.9 Å². The number of carbonyl (C=O) groups excluding carboxylic acids is 1. The molecule has 0 saturated carbocycles. The molecule has 0 unspecified atom stereocenters. The Morgan fingerprint density at radius 1 is 1.06 bits per heavy atom. The zero-order valence-corrected chi connectivity index (χ0v) is 18.6. The molecule has 1 atom stereocenters. The number of piperazine rings is 1. The van der Waals surface area contributed by atoms with Crippen molar-refractivity contribution in [1.82, 2.24) is 29.6 Å². The monoisotopic (exact) mass is 432 g/mol. The number of pyridine rings is 1. The van der Waals surface area contributed by atoms with Crippen molar-refractivity contribution in [2.75, 3.05) is 26.7 Å². The van der Waals surface area contributed by atoms with Gasteiger partial charge in [-0.25, -0.2) is 9.50 Å². The lowest BCUT2D eigenvalue weighted by Gasteiger charge is -2.38. The molecule has 1 aliphatic rings. The van der Waals surface area contributed by atoms with Gasteiger partial charge in [0.2, 0.25) is 0 Å². The number of aryl methyl sites for hydroxylation is 2. The predicted molar refractivity (Wildman–Crippen MR) is 121 cm³/mol. The number of likely N-dealkylation sites (N-methyl/N-ethyl adjacent to an activating group) is 1. The molecule has 0 aliphatic carbocycles. The minimum absolute atomic E-state index is 0.0134. The molecule has 1 amide bonds. The third-order valence-electron chi connectivity index (χ3n) is 5.91. The molecule has 1 aliphatic heterocycles. The van der Waals surface area contributed by atoms with Crippen molar-refractivity contribution in [3.8, 4) is 11.1 Å². The third kappa shape index (κ3) is 3.73. The second-order valence-corrected chi connectivity index (χ2v) is 9.15. The minimum Gasteiger partial charge on any atom is -0.334 e. The average Bonchev–Trinajstić information content (AvgIpc) is 3.40. The normalized spacial score (nSPS) is 17.4. The molecule has 4 heterocycles. The van der Waals surface area contributed by atoms with E-state index in [4.69, 9.17) is 0 Å². The maximum atomic E-state index is 12.9. The zero-order chi connectivity index (χ0) is 21.5. The predicted octanol–water partition coefficient (Wildman–Crippen LogP) is 3.60. The Morgan fingerprint density at radius 3 is 2.58 bits per heavy atom. The molecular weight excluding hydrogens is 408 g/mol. The summed E-state index contributed by atoms with van der Waals surface area (Å²) in [7, 11) is 2.07. The fourth-order valence-electron chi connectivity index (χ4n) is 4.04. The first-order valence-corrected chi connectivity index (χ1v) is 11.2. The van der Waals surface area contributed by atoms with Crippen LogP contribution in [0.1, 0.15) is 32.8 Å². The van der Waals surface area contributed by atoms with Gasteiger partial charge in [0, 0.05) is 36.8 Å². The number of fused-ring (bicyclic) bond motifs is 1. The Labute approximate surface area is 184 Å². The van der Waals surface area contributed by atoms with Gasteiger partial charge in [-0.15, -0.1) is 16.4 Å². The van der Waals surface area contributed by atoms with E-state index in [1.54, 1.807) is 0 Å². The average molecular weight is 433 g/mol. The molecule has 0 bridgehead atoms. The Hall–Kier alpha value is -3.10. The van der Waals surface area contributed by atoms with Crippen molar-refractivity contribution in [1.29, 1.82) is 0 Å². The van der Waals surface area contributed by atoms with Crippen LogP contribution in [-0.4, -0.2) is 62.2 Å². The number of amides is 1. The van der Waals surface area contributed by atoms with E-state index in [1.165, 1.54) is 16.9 Å². The Kier molecular flexibility index (Phi) is 5.03. The summed E-state index contributed by atoms with van der Waals surface area (Å²) in [4.78, 5) is 21.4. The van der Waals surface area contributed by atoms with Crippen molar-refractivity contribution in [3.05, 3.63) is 69.9 Å². The molecule has 5 rings (SSSR count). The molecular formula is C23H24N6OS. The van der Waals surface area contributed by atoms with Gasteiger partial charge in [0.1, 0.15) is 11.4 Å². The number of nitrogens with zero attached hydrogens (tertiary/aromatic N) is 6. The van der Waals surface area contributed by atoms with Crippen LogP contribution in [0.5, 0.6) is 0 Å². The van der Waals surface area contributed by atoms with Gasteiger partial charge in [0.15, 0.2) is 0 Å². The highest BCUT2D eigenvalue weighted by Crippen LogP contribution is 2.28. The highest BCUT2D eigenvalue weighted by atomic mass is 32.1. The molecule has 158 valence electrons. The number of rotatable bonds is 3. The summed E-state index contributed by atoms with van der Waals surface area (Å²) in [6.45, 7) is 6.03. The summed E-state index contributed by atoms with van der Waals surface area (Å²) in [5, 5.41) is 11.6. The SMILES string of the molecule is Cc1ccc(-c2ccc3c([C@@H]4CN(C(=O)c5csc(C)n5)CCN4C)nnn3c2)cc1. The van der Waals surface area contributed by atoms with Gasteiger partial charge in [0.25, 0.3) is 5.91 Å². The van der Waals surface area contributed by atoms with Gasteiger partial charge in [0.05, 0.1) is 16.6 Å². The maximum absolute atomic E-state index is 12.9. The lowest BCUT2D eigenvalue weighted by molar-refractivity contribution is 0.0537. The number of aromatic nitrogens is 4. The summed E-state index contributed by atoms with van der Waals surface area (Å²) in [5.74, 6) is -0.0134. The van der Waals surface area contributed by atoms with Crippen LogP contribution in [0.2, 0.25) is 0 Å². The van der Waals surface area contributed by atoms with Crippen LogP contribution in [0, 0.1) is 13.8 Å². The Bertz CT molecular complexity index is 1240. The minimum atomic E-state index is -0.0137. The first-order chi connectivity index (χ1) is 15.0. The smallest absolute Gasteiger partial charge is 0.273 e. The van der Waals surface area contributed by atoms with Gasteiger partial charge < -0.3 is 4.90 Å². The van der Waals surface area contributed by atoms with Gasteiger partial charge in [-0.3, -0.25) is 9.69 Å². The van der Waals surface area contributed by atoms with E-state index in [0.717, 1.165) is 33.9 Å². The number of hydrogen-bond donors (Lipinski definition) is 0. The van der Waals surface area contributed by atoms with Crippen molar-refractivity contribution < 1.29 is 4.79 Å². The summed E-state index contributed by atoms with van der Waals surface area (Å²) in [6.07, 6.45) is 2.01. The van der Waals surface area contributed by atoms with Gasteiger partial charge in [-0.1, -0.05) is 41.1 Å². The summed E-state index contributed by atoms with van der Waals surface area (Å²) >= 11 is 1.50. The molecule has 1 fully saturated rings. The van der Waals surface area contributed by atoms with Gasteiger partial charge in [-0.2, -0.15) is 0 Å². The Morgan fingerprint density at radius 2 is 1.84 bits per heavy atom. The zero-order valence-electron chi connectivity index (χ0n) is 17.8. The molecule has 3 aromatic heterocycles. The van der Waals surface area contributed by atoms with E-state index in [1.807, 2.05) is 27.9 Å². The first kappa shape index (κ1) is 19.8.